The monoisotopic (exact) mass is 442 g/mol. The van der Waals surface area contributed by atoms with Crippen LogP contribution in [0, 0.1) is 0 Å². The maximum Gasteiger partial charge on any atom is 0.190 e. The number of aliphatic hydroxyl groups is 2. The van der Waals surface area contributed by atoms with Gasteiger partial charge in [0, 0.05) is 25.3 Å². The minimum atomic E-state index is -0.772. The lowest BCUT2D eigenvalue weighted by molar-refractivity contribution is 0.0795. The van der Waals surface area contributed by atoms with Crippen LogP contribution >= 0.6 is 11.3 Å². The third-order valence-electron chi connectivity index (χ3n) is 5.22. The van der Waals surface area contributed by atoms with Crippen molar-refractivity contribution < 1.29 is 10.2 Å². The summed E-state index contributed by atoms with van der Waals surface area (Å²) in [5.74, 6) is 1.51. The van der Waals surface area contributed by atoms with E-state index in [2.05, 4.69) is 25.9 Å². The van der Waals surface area contributed by atoms with Crippen molar-refractivity contribution in [1.82, 2.24) is 20.3 Å². The zero-order valence-electron chi connectivity index (χ0n) is 17.9. The number of anilines is 3. The molecule has 0 aliphatic heterocycles. The molecule has 0 aromatic carbocycles. The van der Waals surface area contributed by atoms with Gasteiger partial charge in [0.05, 0.1) is 11.7 Å². The van der Waals surface area contributed by atoms with Crippen LogP contribution in [-0.2, 0) is 6.54 Å². The van der Waals surface area contributed by atoms with Crippen LogP contribution < -0.4 is 16.0 Å². The highest BCUT2D eigenvalue weighted by atomic mass is 32.1. The average Bonchev–Trinajstić information content (AvgIpc) is 3.11. The van der Waals surface area contributed by atoms with E-state index in [0.717, 1.165) is 52.5 Å². The van der Waals surface area contributed by atoms with Crippen molar-refractivity contribution in [3.8, 4) is 0 Å². The summed E-state index contributed by atoms with van der Waals surface area (Å²) in [4.78, 5) is 14.6. The SMILES string of the molecule is CC(C)(O)CNCc1cc(Nc2nc3cccnc3s2)nc(NC2CCC(O)CC2)c1. The quantitative estimate of drug-likeness (QED) is 0.361. The highest BCUT2D eigenvalue weighted by Crippen LogP contribution is 2.28. The maximum absolute atomic E-state index is 9.97. The summed E-state index contributed by atoms with van der Waals surface area (Å²) >= 11 is 1.49. The molecule has 1 aliphatic rings. The second-order valence-corrected chi connectivity index (χ2v) is 9.76. The van der Waals surface area contributed by atoms with Crippen molar-refractivity contribution >= 4 is 38.5 Å². The number of pyridine rings is 2. The van der Waals surface area contributed by atoms with Crippen LogP contribution in [-0.4, -0.2) is 49.5 Å². The zero-order chi connectivity index (χ0) is 21.8. The summed E-state index contributed by atoms with van der Waals surface area (Å²) < 4.78 is 0. The Hall–Kier alpha value is -2.33. The first-order chi connectivity index (χ1) is 14.8. The Labute approximate surface area is 186 Å². The fourth-order valence-corrected chi connectivity index (χ4v) is 4.52. The summed E-state index contributed by atoms with van der Waals surface area (Å²) in [6.07, 6.45) is 5.06. The topological polar surface area (TPSA) is 115 Å². The first-order valence-corrected chi connectivity index (χ1v) is 11.5. The standard InChI is InChI=1S/C22H30N6O2S/c1-22(2,30)13-23-12-14-10-18(25-15-5-7-16(29)8-6-15)27-19(11-14)28-21-26-17-4-3-9-24-20(17)31-21/h3-4,9-11,15-16,23,29-30H,5-8,12-13H2,1-2H3,(H2,25,26,27,28). The van der Waals surface area contributed by atoms with Gasteiger partial charge in [0.15, 0.2) is 5.13 Å². The summed E-state index contributed by atoms with van der Waals surface area (Å²) in [6, 6.07) is 8.15. The van der Waals surface area contributed by atoms with Crippen LogP contribution in [0.2, 0.25) is 0 Å². The molecule has 1 aliphatic carbocycles. The lowest BCUT2D eigenvalue weighted by Gasteiger charge is -2.27. The highest BCUT2D eigenvalue weighted by Gasteiger charge is 2.20. The fraction of sp³-hybridized carbons (Fsp3) is 0.500. The van der Waals surface area contributed by atoms with E-state index in [1.54, 1.807) is 20.0 Å². The van der Waals surface area contributed by atoms with Crippen molar-refractivity contribution in [2.24, 2.45) is 0 Å². The van der Waals surface area contributed by atoms with Crippen molar-refractivity contribution in [2.75, 3.05) is 17.2 Å². The van der Waals surface area contributed by atoms with Crippen molar-refractivity contribution in [3.63, 3.8) is 0 Å². The van der Waals surface area contributed by atoms with E-state index in [1.165, 1.54) is 11.3 Å². The zero-order valence-corrected chi connectivity index (χ0v) is 18.7. The van der Waals surface area contributed by atoms with Crippen LogP contribution in [0.25, 0.3) is 10.3 Å². The predicted molar refractivity (Wildman–Crippen MR) is 125 cm³/mol. The molecule has 0 spiro atoms. The first kappa shape index (κ1) is 21.9. The molecule has 1 saturated carbocycles. The van der Waals surface area contributed by atoms with Gasteiger partial charge in [-0.3, -0.25) is 0 Å². The molecule has 3 aromatic heterocycles. The molecule has 8 nitrogen and oxygen atoms in total. The van der Waals surface area contributed by atoms with E-state index in [0.29, 0.717) is 24.9 Å². The summed E-state index contributed by atoms with van der Waals surface area (Å²) in [6.45, 7) is 4.67. The van der Waals surface area contributed by atoms with Gasteiger partial charge in [-0.2, -0.15) is 0 Å². The molecular weight excluding hydrogens is 412 g/mol. The fourth-order valence-electron chi connectivity index (χ4n) is 3.70. The number of nitrogens with one attached hydrogen (secondary N) is 3. The van der Waals surface area contributed by atoms with Gasteiger partial charge in [0.1, 0.15) is 22.0 Å². The minimum absolute atomic E-state index is 0.187. The van der Waals surface area contributed by atoms with Gasteiger partial charge in [0.25, 0.3) is 0 Å². The predicted octanol–water partition coefficient (Wildman–Crippen LogP) is 3.41. The van der Waals surface area contributed by atoms with Crippen molar-refractivity contribution in [1.29, 1.82) is 0 Å². The molecule has 4 rings (SSSR count). The maximum atomic E-state index is 9.97. The number of fused-ring (bicyclic) bond motifs is 1. The molecule has 5 N–H and O–H groups in total. The molecule has 31 heavy (non-hydrogen) atoms. The number of aliphatic hydroxyl groups excluding tert-OH is 1. The van der Waals surface area contributed by atoms with Gasteiger partial charge in [0.2, 0.25) is 0 Å². The molecule has 3 heterocycles. The second-order valence-electron chi connectivity index (χ2n) is 8.78. The van der Waals surface area contributed by atoms with E-state index in [1.807, 2.05) is 24.3 Å². The lowest BCUT2D eigenvalue weighted by Crippen LogP contribution is -2.34. The van der Waals surface area contributed by atoms with Crippen molar-refractivity contribution in [3.05, 3.63) is 36.0 Å². The van der Waals surface area contributed by atoms with Crippen molar-refractivity contribution in [2.45, 2.75) is 63.8 Å². The van der Waals surface area contributed by atoms with Gasteiger partial charge >= 0.3 is 0 Å². The third-order valence-corrected chi connectivity index (χ3v) is 6.12. The summed E-state index contributed by atoms with van der Waals surface area (Å²) in [7, 11) is 0. The molecule has 1 fully saturated rings. The van der Waals surface area contributed by atoms with Crippen LogP contribution in [0.5, 0.6) is 0 Å². The molecule has 0 saturated heterocycles. The number of hydrogen-bond donors (Lipinski definition) is 5. The van der Waals surface area contributed by atoms with E-state index >= 15 is 0 Å². The van der Waals surface area contributed by atoms with Gasteiger partial charge < -0.3 is 26.2 Å². The molecule has 0 unspecified atom stereocenters. The van der Waals surface area contributed by atoms with Gasteiger partial charge in [-0.05, 0) is 69.4 Å². The normalized spacial score (nSPS) is 19.5. The molecule has 9 heteroatoms. The van der Waals surface area contributed by atoms with E-state index < -0.39 is 5.60 Å². The van der Waals surface area contributed by atoms with Crippen LogP contribution in [0.3, 0.4) is 0 Å². The molecular formula is C22H30N6O2S. The van der Waals surface area contributed by atoms with E-state index in [-0.39, 0.29) is 6.10 Å². The number of hydrogen-bond acceptors (Lipinski definition) is 9. The number of thiazole rings is 1. The Bertz CT molecular complexity index is 978. The van der Waals surface area contributed by atoms with Crippen LogP contribution in [0.1, 0.15) is 45.1 Å². The van der Waals surface area contributed by atoms with Crippen LogP contribution in [0.4, 0.5) is 16.8 Å². The Kier molecular flexibility index (Phi) is 6.66. The van der Waals surface area contributed by atoms with Gasteiger partial charge in [-0.15, -0.1) is 0 Å². The second kappa shape index (κ2) is 9.44. The molecule has 3 aromatic rings. The van der Waals surface area contributed by atoms with E-state index in [4.69, 9.17) is 4.98 Å². The summed E-state index contributed by atoms with van der Waals surface area (Å²) in [5.41, 5.74) is 1.14. The average molecular weight is 443 g/mol. The summed E-state index contributed by atoms with van der Waals surface area (Å²) in [5, 5.41) is 30.7. The lowest BCUT2D eigenvalue weighted by atomic mass is 9.93. The largest absolute Gasteiger partial charge is 0.393 e. The Balaban J connectivity index is 1.52. The highest BCUT2D eigenvalue weighted by molar-refractivity contribution is 7.21. The van der Waals surface area contributed by atoms with E-state index in [9.17, 15) is 10.2 Å². The molecule has 0 amide bonds. The van der Waals surface area contributed by atoms with Crippen LogP contribution in [0.15, 0.2) is 30.5 Å². The Morgan fingerprint density at radius 1 is 1.13 bits per heavy atom. The Morgan fingerprint density at radius 3 is 2.65 bits per heavy atom. The molecule has 166 valence electrons. The minimum Gasteiger partial charge on any atom is -0.393 e. The first-order valence-electron chi connectivity index (χ1n) is 10.7. The smallest absolute Gasteiger partial charge is 0.190 e. The molecule has 0 atom stereocenters. The van der Waals surface area contributed by atoms with Gasteiger partial charge in [-0.25, -0.2) is 15.0 Å². The van der Waals surface area contributed by atoms with Gasteiger partial charge in [-0.1, -0.05) is 11.3 Å². The molecule has 0 radical (unpaired) electrons. The molecule has 0 bridgehead atoms. The Morgan fingerprint density at radius 2 is 1.90 bits per heavy atom. The third kappa shape index (κ3) is 6.33. The number of nitrogens with zero attached hydrogens (tertiary/aromatic N) is 3. The number of rotatable bonds is 8. The number of aromatic nitrogens is 3.